The van der Waals surface area contributed by atoms with Crippen LogP contribution in [-0.2, 0) is 0 Å². The van der Waals surface area contributed by atoms with Crippen LogP contribution in [0.5, 0.6) is 0 Å². The maximum atomic E-state index is 2.40. The molecule has 10 heterocycles. The minimum Gasteiger partial charge on any atom is -0.389 e. The Balaban J connectivity index is 0.0000000873. The summed E-state index contributed by atoms with van der Waals surface area (Å²) in [5.41, 5.74) is 16.0. The van der Waals surface area contributed by atoms with Crippen LogP contribution in [0.4, 0.5) is 17.1 Å². The Kier molecular flexibility index (Phi) is 16.0. The Labute approximate surface area is 641 Å². The van der Waals surface area contributed by atoms with Gasteiger partial charge in [-0.05, 0) is 220 Å². The summed E-state index contributed by atoms with van der Waals surface area (Å²) in [5, 5.41) is 23.5. The van der Waals surface area contributed by atoms with Gasteiger partial charge in [-0.15, -0.1) is 0 Å². The molecule has 0 fully saturated rings. The second kappa shape index (κ2) is 27.3. The van der Waals surface area contributed by atoms with E-state index in [2.05, 4.69) is 449 Å². The van der Waals surface area contributed by atoms with E-state index >= 15 is 0 Å². The summed E-state index contributed by atoms with van der Waals surface area (Å²) in [5.74, 6) is 16.4. The van der Waals surface area contributed by atoms with E-state index in [-0.39, 0.29) is 6.85 Å². The predicted molar refractivity (Wildman–Crippen MR) is 476 cm³/mol. The number of para-hydroxylation sites is 1. The lowest BCUT2D eigenvalue weighted by Gasteiger charge is -2.36. The average molecular weight is 1400 g/mol. The van der Waals surface area contributed by atoms with E-state index in [0.29, 0.717) is 27.4 Å². The van der Waals surface area contributed by atoms with Crippen LogP contribution in [0.1, 0.15) is 22.3 Å². The second-order valence-corrected chi connectivity index (χ2v) is 29.6. The maximum Gasteiger partial charge on any atom is 0.321 e. The van der Waals surface area contributed by atoms with Crippen LogP contribution >= 0.6 is 0 Å². The van der Waals surface area contributed by atoms with Crippen molar-refractivity contribution in [3.8, 4) is 11.1 Å². The third-order valence-corrected chi connectivity index (χ3v) is 23.2. The highest BCUT2D eigenvalue weighted by Gasteiger charge is 2.35. The van der Waals surface area contributed by atoms with Crippen LogP contribution < -0.4 is 83.0 Å². The van der Waals surface area contributed by atoms with Crippen LogP contribution in [0.3, 0.4) is 0 Å². The number of benzene rings is 15. The van der Waals surface area contributed by atoms with Crippen molar-refractivity contribution in [3.05, 3.63) is 414 Å². The Bertz CT molecular complexity index is 6650. The van der Waals surface area contributed by atoms with Gasteiger partial charge in [0.1, 0.15) is 0 Å². The molecule has 0 unspecified atom stereocenters. The zero-order chi connectivity index (χ0) is 72.6. The molecule has 0 saturated heterocycles. The molecular weight excluding hydrogens is 1330 g/mol. The molecule has 110 heavy (non-hydrogen) atoms. The summed E-state index contributed by atoms with van der Waals surface area (Å²) in [6.45, 7) is 1.48. The molecule has 15 aromatic rings. The molecular formula is C100H70B5N5. The minimum atomic E-state index is 0.279. The molecule has 0 spiro atoms. The van der Waals surface area contributed by atoms with Crippen molar-refractivity contribution in [3.63, 3.8) is 0 Å². The molecule has 0 atom stereocenters. The normalized spacial score (nSPS) is 14.6. The highest BCUT2D eigenvalue weighted by molar-refractivity contribution is 6.91. The zero-order valence-electron chi connectivity index (χ0n) is 60.5. The Hall–Kier alpha value is -13.7. The molecule has 25 rings (SSSR count). The van der Waals surface area contributed by atoms with E-state index in [1.165, 1.54) is 162 Å². The Morgan fingerprint density at radius 1 is 0.218 bits per heavy atom. The molecule has 10 aliphatic heterocycles. The number of rotatable bonds is 0. The molecule has 15 aromatic carbocycles. The van der Waals surface area contributed by atoms with E-state index < -0.39 is 0 Å². The fraction of sp³-hybridized carbons (Fsp3) is 0. The van der Waals surface area contributed by atoms with Gasteiger partial charge in [0.2, 0.25) is 0 Å². The van der Waals surface area contributed by atoms with Gasteiger partial charge >= 0.3 is 34.2 Å². The standard InChI is InChI=1S/5C20H14BN/c1-2-8-16-14-22-20-12-6-4-10-18(20)17-9-3-5-11-19(17)21(22)13-15(16)7-1;1-2-7-17-14-22-12-11-19-18-8-4-3-5-15(18)9-10-20(19)21(22)13-16(17)6-1;1-2-7-17-14-22-20-10-9-15-5-3-4-8-18(15)19(20)11-12-21(22)13-16(17)6-1;1-2-6-16-12-20-17(11-15(16)5-1)9-10-22-14-19-8-4-3-7-18(19)13-21(20)22;1-2-6-16-12-20-17(11-15(16)5-1)9-10-21-13-18-7-3-4-8-19(18)14-22(20)21/h5*1-14H. The van der Waals surface area contributed by atoms with E-state index in [1.54, 1.807) is 0 Å². The first kappa shape index (κ1) is 64.7. The SMILES string of the molecule is C1=CN2C=c3ccccc3=CB2c2cc3ccccc3cc21.C1=CN2C=c3ccccc3=CB2c2ccc3ccccc3c21.C1=Cc2c(ccc3ccccc23)N2C=c3ccccc3=CB12.C1=Cc2cc3ccccc3cc2N2C=c3ccccc3=CB12.C1=c2ccccc2=CN2B1c1ccccc1-c1ccccc12. The van der Waals surface area contributed by atoms with Gasteiger partial charge in [0.05, 0.1) is 0 Å². The van der Waals surface area contributed by atoms with Crippen molar-refractivity contribution in [1.29, 1.82) is 0 Å². The van der Waals surface area contributed by atoms with Crippen molar-refractivity contribution < 1.29 is 0 Å². The second-order valence-electron chi connectivity index (χ2n) is 29.6. The van der Waals surface area contributed by atoms with E-state index in [1.807, 2.05) is 0 Å². The summed E-state index contributed by atoms with van der Waals surface area (Å²) >= 11 is 0. The zero-order valence-corrected chi connectivity index (χ0v) is 60.5. The lowest BCUT2D eigenvalue weighted by Crippen LogP contribution is -2.53. The molecule has 0 N–H and O–H groups in total. The van der Waals surface area contributed by atoms with Gasteiger partial charge in [-0.3, -0.25) is 0 Å². The number of hydrogen-bond acceptors (Lipinski definition) is 5. The quantitative estimate of drug-likeness (QED) is 0.140. The lowest BCUT2D eigenvalue weighted by molar-refractivity contribution is 0.865. The average Bonchev–Trinajstić information content (AvgIpc) is 0.756. The van der Waals surface area contributed by atoms with Gasteiger partial charge in [0.25, 0.3) is 0 Å². The van der Waals surface area contributed by atoms with Crippen LogP contribution in [-0.4, -0.2) is 43.9 Å². The minimum absolute atomic E-state index is 0.279. The molecule has 5 nitrogen and oxygen atoms in total. The number of nitrogens with zero attached hydrogens (tertiary/aromatic N) is 5. The molecule has 10 aliphatic rings. The Morgan fingerprint density at radius 2 is 0.636 bits per heavy atom. The monoisotopic (exact) mass is 1400 g/mol. The van der Waals surface area contributed by atoms with Crippen molar-refractivity contribution in [2.45, 2.75) is 0 Å². The van der Waals surface area contributed by atoms with Crippen molar-refractivity contribution in [1.82, 2.24) is 9.62 Å². The molecule has 510 valence electrons. The highest BCUT2D eigenvalue weighted by atomic mass is 15.1. The predicted octanol–water partition coefficient (Wildman–Crippen LogP) is 12.3. The highest BCUT2D eigenvalue weighted by Crippen LogP contribution is 2.38. The summed E-state index contributed by atoms with van der Waals surface area (Å²) < 4.78 is 0. The van der Waals surface area contributed by atoms with Gasteiger partial charge in [0.15, 0.2) is 0 Å². The van der Waals surface area contributed by atoms with Gasteiger partial charge in [-0.2, -0.15) is 0 Å². The molecule has 0 aliphatic carbocycles. The first-order valence-electron chi connectivity index (χ1n) is 38.3. The summed E-state index contributed by atoms with van der Waals surface area (Å²) in [6.07, 6.45) is 24.7. The fourth-order valence-corrected chi connectivity index (χ4v) is 17.7. The third kappa shape index (κ3) is 11.7. The molecule has 0 bridgehead atoms. The topological polar surface area (TPSA) is 16.2 Å². The first-order chi connectivity index (χ1) is 54.5. The largest absolute Gasteiger partial charge is 0.389 e. The summed E-state index contributed by atoms with van der Waals surface area (Å²) in [7, 11) is 0. The van der Waals surface area contributed by atoms with E-state index in [0.717, 1.165) is 0 Å². The molecule has 10 heteroatoms. The lowest BCUT2D eigenvalue weighted by atomic mass is 9.49. The number of hydrogen-bond donors (Lipinski definition) is 0. The third-order valence-electron chi connectivity index (χ3n) is 23.2. The van der Waals surface area contributed by atoms with Gasteiger partial charge in [-0.25, -0.2) is 0 Å². The van der Waals surface area contributed by atoms with Crippen LogP contribution in [0.25, 0.3) is 139 Å². The van der Waals surface area contributed by atoms with Crippen molar-refractivity contribution in [2.75, 3.05) is 14.4 Å². The summed E-state index contributed by atoms with van der Waals surface area (Å²) in [6, 6.07) is 113. The van der Waals surface area contributed by atoms with Crippen LogP contribution in [0.15, 0.2) is 340 Å². The molecule has 0 aromatic heterocycles. The van der Waals surface area contributed by atoms with E-state index in [4.69, 9.17) is 0 Å². The number of anilines is 3. The fourth-order valence-electron chi connectivity index (χ4n) is 17.7. The summed E-state index contributed by atoms with van der Waals surface area (Å²) in [4.78, 5) is 11.8. The molecule has 0 amide bonds. The van der Waals surface area contributed by atoms with Gasteiger partial charge in [-0.1, -0.05) is 339 Å². The molecule has 0 saturated carbocycles. The first-order valence-corrected chi connectivity index (χ1v) is 38.3. The molecule has 0 radical (unpaired) electrons. The van der Waals surface area contributed by atoms with Crippen molar-refractivity contribution >= 4 is 196 Å². The van der Waals surface area contributed by atoms with Gasteiger partial charge < -0.3 is 24.1 Å². The number of fused-ring (bicyclic) bond motifs is 29. The maximum absolute atomic E-state index is 2.40. The van der Waals surface area contributed by atoms with Crippen molar-refractivity contribution in [2.24, 2.45) is 0 Å². The van der Waals surface area contributed by atoms with Crippen LogP contribution in [0, 0.1) is 0 Å². The van der Waals surface area contributed by atoms with Gasteiger partial charge in [0, 0.05) is 28.2 Å². The Morgan fingerprint density at radius 3 is 1.25 bits per heavy atom. The smallest absolute Gasteiger partial charge is 0.321 e. The van der Waals surface area contributed by atoms with Crippen LogP contribution in [0.2, 0.25) is 0 Å². The van der Waals surface area contributed by atoms with E-state index in [9.17, 15) is 0 Å².